The minimum Gasteiger partial charge on any atom is -0.341 e. The molecule has 0 atom stereocenters. The van der Waals surface area contributed by atoms with Crippen molar-refractivity contribution in [3.8, 4) is 0 Å². The summed E-state index contributed by atoms with van der Waals surface area (Å²) in [5.41, 5.74) is 0.512. The second kappa shape index (κ2) is 5.30. The average Bonchev–Trinajstić information content (AvgIpc) is 2.18. The molecule has 94 valence electrons. The maximum absolute atomic E-state index is 13.4. The second-order valence-electron chi connectivity index (χ2n) is 5.58. The molecule has 0 unspecified atom stereocenters. The van der Waals surface area contributed by atoms with E-state index in [-0.39, 0.29) is 17.1 Å². The maximum atomic E-state index is 13.4. The summed E-state index contributed by atoms with van der Waals surface area (Å²) in [7, 11) is 1.71. The number of hydrogen-bond donors (Lipinski definition) is 0. The van der Waals surface area contributed by atoms with E-state index in [1.54, 1.807) is 30.1 Å². The van der Waals surface area contributed by atoms with Crippen LogP contribution in [0.3, 0.4) is 0 Å². The number of amides is 1. The molecule has 0 aliphatic carbocycles. The fraction of sp³-hybridized carbons (Fsp3) is 0.500. The van der Waals surface area contributed by atoms with Gasteiger partial charge in [0.2, 0.25) is 5.91 Å². The fourth-order valence-corrected chi connectivity index (χ4v) is 1.56. The normalized spacial score (nSPS) is 11.4. The first-order valence-corrected chi connectivity index (χ1v) is 5.77. The van der Waals surface area contributed by atoms with Crippen molar-refractivity contribution in [1.82, 2.24) is 4.90 Å². The lowest BCUT2D eigenvalue weighted by Gasteiger charge is -2.23. The van der Waals surface area contributed by atoms with Crippen molar-refractivity contribution in [2.24, 2.45) is 5.41 Å². The molecule has 0 N–H and O–H groups in total. The van der Waals surface area contributed by atoms with E-state index in [0.717, 1.165) is 0 Å². The highest BCUT2D eigenvalue weighted by atomic mass is 19.1. The van der Waals surface area contributed by atoms with E-state index >= 15 is 0 Å². The number of hydrogen-bond acceptors (Lipinski definition) is 1. The summed E-state index contributed by atoms with van der Waals surface area (Å²) in [5, 5.41) is 0. The van der Waals surface area contributed by atoms with Gasteiger partial charge in [0.05, 0.1) is 0 Å². The van der Waals surface area contributed by atoms with Gasteiger partial charge in [-0.15, -0.1) is 0 Å². The van der Waals surface area contributed by atoms with Crippen LogP contribution in [-0.2, 0) is 11.3 Å². The molecular formula is C14H20FNO. The van der Waals surface area contributed by atoms with Crippen molar-refractivity contribution in [2.45, 2.75) is 33.7 Å². The molecule has 0 aromatic heterocycles. The third-order valence-electron chi connectivity index (χ3n) is 2.47. The van der Waals surface area contributed by atoms with Crippen LogP contribution in [-0.4, -0.2) is 17.9 Å². The smallest absolute Gasteiger partial charge is 0.223 e. The molecule has 0 heterocycles. The zero-order valence-corrected chi connectivity index (χ0v) is 11.0. The molecule has 0 saturated carbocycles. The lowest BCUT2D eigenvalue weighted by atomic mass is 9.91. The Bertz CT molecular complexity index is 395. The zero-order valence-electron chi connectivity index (χ0n) is 11.0. The van der Waals surface area contributed by atoms with Crippen molar-refractivity contribution in [2.75, 3.05) is 7.05 Å². The van der Waals surface area contributed by atoms with Gasteiger partial charge >= 0.3 is 0 Å². The molecule has 0 aliphatic rings. The number of halogens is 1. The van der Waals surface area contributed by atoms with Gasteiger partial charge in [-0.3, -0.25) is 4.79 Å². The predicted molar refractivity (Wildman–Crippen MR) is 66.9 cm³/mol. The summed E-state index contributed by atoms with van der Waals surface area (Å²) >= 11 is 0. The molecule has 1 rings (SSSR count). The van der Waals surface area contributed by atoms with Crippen molar-refractivity contribution in [1.29, 1.82) is 0 Å². The minimum absolute atomic E-state index is 0.0411. The summed E-state index contributed by atoms with van der Waals surface area (Å²) in [4.78, 5) is 13.5. The van der Waals surface area contributed by atoms with E-state index in [0.29, 0.717) is 18.5 Å². The van der Waals surface area contributed by atoms with Crippen LogP contribution in [0.1, 0.15) is 32.8 Å². The van der Waals surface area contributed by atoms with Gasteiger partial charge in [0.1, 0.15) is 5.82 Å². The Kier molecular flexibility index (Phi) is 4.27. The highest BCUT2D eigenvalue weighted by Crippen LogP contribution is 2.20. The van der Waals surface area contributed by atoms with Crippen LogP contribution in [0.25, 0.3) is 0 Å². The molecule has 2 nitrogen and oxygen atoms in total. The Morgan fingerprint density at radius 2 is 1.88 bits per heavy atom. The summed E-state index contributed by atoms with van der Waals surface area (Å²) in [6.45, 7) is 6.37. The summed E-state index contributed by atoms with van der Waals surface area (Å²) < 4.78 is 13.4. The standard InChI is InChI=1S/C14H20FNO/c1-14(2,3)9-13(17)16(4)10-11-7-5-6-8-12(11)15/h5-8H,9-10H2,1-4H3. The first-order chi connectivity index (χ1) is 7.79. The summed E-state index contributed by atoms with van der Waals surface area (Å²) in [5.74, 6) is -0.219. The Hall–Kier alpha value is -1.38. The first-order valence-electron chi connectivity index (χ1n) is 5.77. The number of nitrogens with zero attached hydrogens (tertiary/aromatic N) is 1. The van der Waals surface area contributed by atoms with Gasteiger partial charge in [0.25, 0.3) is 0 Å². The number of carbonyl (C=O) groups excluding carboxylic acids is 1. The first kappa shape index (κ1) is 13.7. The number of carbonyl (C=O) groups is 1. The lowest BCUT2D eigenvalue weighted by molar-refractivity contribution is -0.132. The monoisotopic (exact) mass is 237 g/mol. The van der Waals surface area contributed by atoms with Gasteiger partial charge in [-0.25, -0.2) is 4.39 Å². The largest absolute Gasteiger partial charge is 0.341 e. The Balaban J connectivity index is 2.64. The van der Waals surface area contributed by atoms with Gasteiger partial charge in [-0.2, -0.15) is 0 Å². The molecule has 0 saturated heterocycles. The molecule has 0 bridgehead atoms. The van der Waals surface area contributed by atoms with Crippen LogP contribution in [0, 0.1) is 11.2 Å². The zero-order chi connectivity index (χ0) is 13.1. The third-order valence-corrected chi connectivity index (χ3v) is 2.47. The van der Waals surface area contributed by atoms with Crippen LogP contribution >= 0.6 is 0 Å². The van der Waals surface area contributed by atoms with Crippen LogP contribution in [0.4, 0.5) is 4.39 Å². The minimum atomic E-state index is -0.261. The van der Waals surface area contributed by atoms with Gasteiger partial charge in [0.15, 0.2) is 0 Å². The van der Waals surface area contributed by atoms with Crippen LogP contribution in [0.5, 0.6) is 0 Å². The van der Waals surface area contributed by atoms with Gasteiger partial charge in [-0.05, 0) is 11.5 Å². The number of rotatable bonds is 3. The van der Waals surface area contributed by atoms with E-state index in [9.17, 15) is 9.18 Å². The van der Waals surface area contributed by atoms with Crippen LogP contribution in [0.15, 0.2) is 24.3 Å². The Morgan fingerprint density at radius 3 is 2.41 bits per heavy atom. The van der Waals surface area contributed by atoms with E-state index < -0.39 is 0 Å². The van der Waals surface area contributed by atoms with Crippen molar-refractivity contribution in [3.63, 3.8) is 0 Å². The molecule has 17 heavy (non-hydrogen) atoms. The molecule has 1 aromatic rings. The van der Waals surface area contributed by atoms with Gasteiger partial charge in [-0.1, -0.05) is 39.0 Å². The molecule has 0 radical (unpaired) electrons. The quantitative estimate of drug-likeness (QED) is 0.790. The van der Waals surface area contributed by atoms with Gasteiger partial charge in [0, 0.05) is 25.6 Å². The maximum Gasteiger partial charge on any atom is 0.223 e. The highest BCUT2D eigenvalue weighted by Gasteiger charge is 2.19. The number of benzene rings is 1. The molecule has 0 fully saturated rings. The van der Waals surface area contributed by atoms with Crippen molar-refractivity contribution in [3.05, 3.63) is 35.6 Å². The SMILES string of the molecule is CN(Cc1ccccc1F)C(=O)CC(C)(C)C. The van der Waals surface area contributed by atoms with Gasteiger partial charge < -0.3 is 4.90 Å². The summed E-state index contributed by atoms with van der Waals surface area (Å²) in [6, 6.07) is 6.55. The topological polar surface area (TPSA) is 20.3 Å². The molecule has 1 aromatic carbocycles. The van der Waals surface area contributed by atoms with E-state index in [1.807, 2.05) is 20.8 Å². The van der Waals surface area contributed by atoms with Crippen LogP contribution < -0.4 is 0 Å². The van der Waals surface area contributed by atoms with Crippen LogP contribution in [0.2, 0.25) is 0 Å². The highest BCUT2D eigenvalue weighted by molar-refractivity contribution is 5.76. The predicted octanol–water partition coefficient (Wildman–Crippen LogP) is 3.22. The molecule has 0 aliphatic heterocycles. The lowest BCUT2D eigenvalue weighted by Crippen LogP contribution is -2.29. The average molecular weight is 237 g/mol. The van der Waals surface area contributed by atoms with E-state index in [1.165, 1.54) is 6.07 Å². The fourth-order valence-electron chi connectivity index (χ4n) is 1.56. The molecule has 0 spiro atoms. The van der Waals surface area contributed by atoms with E-state index in [4.69, 9.17) is 0 Å². The molecular weight excluding hydrogens is 217 g/mol. The Labute approximate surface area is 102 Å². The molecule has 3 heteroatoms. The van der Waals surface area contributed by atoms with Crippen molar-refractivity contribution < 1.29 is 9.18 Å². The summed E-state index contributed by atoms with van der Waals surface area (Å²) in [6.07, 6.45) is 0.470. The Morgan fingerprint density at radius 1 is 1.29 bits per heavy atom. The third kappa shape index (κ3) is 4.55. The van der Waals surface area contributed by atoms with E-state index in [2.05, 4.69) is 0 Å². The second-order valence-corrected chi connectivity index (χ2v) is 5.58. The molecule has 1 amide bonds. The van der Waals surface area contributed by atoms with Crippen molar-refractivity contribution >= 4 is 5.91 Å².